The summed E-state index contributed by atoms with van der Waals surface area (Å²) in [5.74, 6) is 1.71. The van der Waals surface area contributed by atoms with Gasteiger partial charge in [-0.25, -0.2) is 9.97 Å². The molecule has 0 aliphatic heterocycles. The number of anilines is 3. The molecule has 0 unspecified atom stereocenters. The molecule has 222 valence electrons. The van der Waals surface area contributed by atoms with Crippen LogP contribution in [0.2, 0.25) is 0 Å². The Bertz CT molecular complexity index is 2080. The summed E-state index contributed by atoms with van der Waals surface area (Å²) < 4.78 is 4.57. The summed E-state index contributed by atoms with van der Waals surface area (Å²) in [7, 11) is 0. The number of nitrogens with zero attached hydrogens (tertiary/aromatic N) is 5. The van der Waals surface area contributed by atoms with Crippen molar-refractivity contribution in [2.75, 3.05) is 4.90 Å². The fourth-order valence-electron chi connectivity index (χ4n) is 6.81. The first kappa shape index (κ1) is 28.1. The van der Waals surface area contributed by atoms with E-state index >= 15 is 0 Å². The first-order chi connectivity index (χ1) is 20.8. The predicted molar refractivity (Wildman–Crippen MR) is 185 cm³/mol. The molecule has 5 heteroatoms. The van der Waals surface area contributed by atoms with Crippen LogP contribution in [0.5, 0.6) is 0 Å². The molecule has 0 spiro atoms. The van der Waals surface area contributed by atoms with Gasteiger partial charge < -0.3 is 8.80 Å². The van der Waals surface area contributed by atoms with Gasteiger partial charge >= 0.3 is 0 Å². The summed E-state index contributed by atoms with van der Waals surface area (Å²) in [6.07, 6.45) is 4.40. The second kappa shape index (κ2) is 9.68. The zero-order valence-corrected chi connectivity index (χ0v) is 27.3. The van der Waals surface area contributed by atoms with E-state index in [1.165, 1.54) is 38.9 Å². The SMILES string of the molecule is Cc1cc(C)c(N(c2cn3c(C(C)(C)C)cc4ccccc4c3n2)c2cn3c(C(C)(C)C)cc4ccccc4c3n2)c(C)c1. The van der Waals surface area contributed by atoms with Gasteiger partial charge in [0.25, 0.3) is 0 Å². The quantitative estimate of drug-likeness (QED) is 0.209. The van der Waals surface area contributed by atoms with Crippen molar-refractivity contribution in [3.8, 4) is 0 Å². The van der Waals surface area contributed by atoms with Crippen LogP contribution in [0.25, 0.3) is 32.8 Å². The average Bonchev–Trinajstić information content (AvgIpc) is 3.58. The van der Waals surface area contributed by atoms with Gasteiger partial charge in [0.1, 0.15) is 11.3 Å². The predicted octanol–water partition coefficient (Wildman–Crippen LogP) is 10.3. The Morgan fingerprint density at radius 3 is 1.39 bits per heavy atom. The average molecular weight is 580 g/mol. The highest BCUT2D eigenvalue weighted by molar-refractivity contribution is 5.97. The minimum Gasteiger partial charge on any atom is -0.301 e. The molecular weight excluding hydrogens is 538 g/mol. The van der Waals surface area contributed by atoms with Crippen molar-refractivity contribution >= 4 is 50.2 Å². The maximum atomic E-state index is 5.42. The third kappa shape index (κ3) is 4.45. The van der Waals surface area contributed by atoms with Crippen molar-refractivity contribution in [2.45, 2.75) is 73.1 Å². The van der Waals surface area contributed by atoms with Gasteiger partial charge in [-0.1, -0.05) is 108 Å². The van der Waals surface area contributed by atoms with Crippen LogP contribution in [0.3, 0.4) is 0 Å². The Labute approximate surface area is 259 Å². The van der Waals surface area contributed by atoms with Crippen LogP contribution in [-0.4, -0.2) is 18.8 Å². The van der Waals surface area contributed by atoms with E-state index in [0.29, 0.717) is 0 Å². The van der Waals surface area contributed by atoms with Crippen molar-refractivity contribution < 1.29 is 0 Å². The Morgan fingerprint density at radius 2 is 0.977 bits per heavy atom. The number of pyridine rings is 2. The Morgan fingerprint density at radius 1 is 0.568 bits per heavy atom. The number of aryl methyl sites for hydroxylation is 3. The summed E-state index contributed by atoms with van der Waals surface area (Å²) in [6, 6.07) is 26.3. The fraction of sp³-hybridized carbons (Fsp3) is 0.282. The Balaban J connectivity index is 1.59. The van der Waals surface area contributed by atoms with Crippen LogP contribution >= 0.6 is 0 Å². The van der Waals surface area contributed by atoms with Crippen LogP contribution in [0, 0.1) is 20.8 Å². The summed E-state index contributed by atoms with van der Waals surface area (Å²) in [5, 5.41) is 4.68. The van der Waals surface area contributed by atoms with Crippen molar-refractivity contribution in [2.24, 2.45) is 0 Å². The van der Waals surface area contributed by atoms with Gasteiger partial charge in [0.15, 0.2) is 11.6 Å². The van der Waals surface area contributed by atoms with E-state index in [-0.39, 0.29) is 10.8 Å². The monoisotopic (exact) mass is 579 g/mol. The molecule has 0 aliphatic rings. The standard InChI is InChI=1S/C39H41N5/c1-24-18-25(2)35(26(3)19-24)44(33-22-42-31(38(4,5)6)20-27-14-10-12-16-29(27)36(42)40-33)34-23-43-32(39(7,8)9)21-28-15-11-13-17-30(28)37(43)41-34/h10-23H,1-9H3. The molecule has 0 saturated heterocycles. The molecule has 4 heterocycles. The molecular formula is C39H41N5. The topological polar surface area (TPSA) is 37.8 Å². The van der Waals surface area contributed by atoms with Crippen molar-refractivity contribution in [3.05, 3.63) is 113 Å². The maximum Gasteiger partial charge on any atom is 0.158 e. The molecule has 7 aromatic rings. The zero-order chi connectivity index (χ0) is 31.1. The molecule has 0 fully saturated rings. The maximum absolute atomic E-state index is 5.42. The number of hydrogen-bond acceptors (Lipinski definition) is 3. The Kier molecular flexibility index (Phi) is 6.19. The van der Waals surface area contributed by atoms with Gasteiger partial charge in [0.2, 0.25) is 0 Å². The highest BCUT2D eigenvalue weighted by atomic mass is 15.3. The van der Waals surface area contributed by atoms with E-state index in [1.807, 2.05) is 0 Å². The van der Waals surface area contributed by atoms with Crippen molar-refractivity contribution in [1.82, 2.24) is 18.8 Å². The molecule has 0 N–H and O–H groups in total. The van der Waals surface area contributed by atoms with Crippen LogP contribution in [-0.2, 0) is 10.8 Å². The molecule has 7 rings (SSSR count). The van der Waals surface area contributed by atoms with E-state index < -0.39 is 0 Å². The van der Waals surface area contributed by atoms with Gasteiger partial charge in [-0.3, -0.25) is 4.90 Å². The van der Waals surface area contributed by atoms with Crippen LogP contribution in [0.15, 0.2) is 85.2 Å². The number of imidazole rings is 2. The summed E-state index contributed by atoms with van der Waals surface area (Å²) in [6.45, 7) is 20.2. The smallest absolute Gasteiger partial charge is 0.158 e. The van der Waals surface area contributed by atoms with Crippen molar-refractivity contribution in [1.29, 1.82) is 0 Å². The first-order valence-corrected chi connectivity index (χ1v) is 15.5. The number of rotatable bonds is 3. The molecule has 0 amide bonds. The van der Waals surface area contributed by atoms with Crippen LogP contribution in [0.4, 0.5) is 17.3 Å². The fourth-order valence-corrected chi connectivity index (χ4v) is 6.81. The van der Waals surface area contributed by atoms with E-state index in [2.05, 4.69) is 161 Å². The van der Waals surface area contributed by atoms with E-state index in [1.54, 1.807) is 0 Å². The minimum atomic E-state index is -0.0790. The van der Waals surface area contributed by atoms with Crippen LogP contribution in [0.1, 0.15) is 69.6 Å². The third-order valence-electron chi connectivity index (χ3n) is 8.75. The summed E-state index contributed by atoms with van der Waals surface area (Å²) >= 11 is 0. The highest BCUT2D eigenvalue weighted by Gasteiger charge is 2.28. The second-order valence-corrected chi connectivity index (χ2v) is 14.4. The van der Waals surface area contributed by atoms with Gasteiger partial charge in [-0.15, -0.1) is 0 Å². The molecule has 0 aliphatic carbocycles. The molecule has 5 nitrogen and oxygen atoms in total. The van der Waals surface area contributed by atoms with E-state index in [0.717, 1.165) is 39.4 Å². The lowest BCUT2D eigenvalue weighted by Crippen LogP contribution is -2.16. The number of aromatic nitrogens is 4. The number of benzene rings is 3. The summed E-state index contributed by atoms with van der Waals surface area (Å²) in [4.78, 5) is 13.1. The van der Waals surface area contributed by atoms with Crippen molar-refractivity contribution in [3.63, 3.8) is 0 Å². The van der Waals surface area contributed by atoms with Gasteiger partial charge in [-0.2, -0.15) is 0 Å². The largest absolute Gasteiger partial charge is 0.301 e. The number of hydrogen-bond donors (Lipinski definition) is 0. The first-order valence-electron chi connectivity index (χ1n) is 15.5. The highest BCUT2D eigenvalue weighted by Crippen LogP contribution is 2.41. The van der Waals surface area contributed by atoms with Gasteiger partial charge in [0.05, 0.1) is 18.1 Å². The lowest BCUT2D eigenvalue weighted by molar-refractivity contribution is 0.562. The number of fused-ring (bicyclic) bond motifs is 6. The molecule has 0 bridgehead atoms. The normalized spacial score (nSPS) is 12.7. The molecule has 4 aromatic heterocycles. The zero-order valence-electron chi connectivity index (χ0n) is 27.3. The van der Waals surface area contributed by atoms with Crippen LogP contribution < -0.4 is 4.90 Å². The molecule has 0 saturated carbocycles. The molecule has 3 aromatic carbocycles. The lowest BCUT2D eigenvalue weighted by atomic mass is 9.90. The van der Waals surface area contributed by atoms with E-state index in [9.17, 15) is 0 Å². The molecule has 0 radical (unpaired) electrons. The summed E-state index contributed by atoms with van der Waals surface area (Å²) in [5.41, 5.74) is 8.95. The minimum absolute atomic E-state index is 0.0790. The molecule has 44 heavy (non-hydrogen) atoms. The second-order valence-electron chi connectivity index (χ2n) is 14.4. The molecule has 0 atom stereocenters. The third-order valence-corrected chi connectivity index (χ3v) is 8.75. The van der Waals surface area contributed by atoms with Gasteiger partial charge in [0, 0.05) is 33.0 Å². The Hall–Kier alpha value is -4.64. The van der Waals surface area contributed by atoms with E-state index in [4.69, 9.17) is 9.97 Å². The van der Waals surface area contributed by atoms with Gasteiger partial charge in [-0.05, 0) is 54.8 Å². The lowest BCUT2D eigenvalue weighted by Gasteiger charge is -2.25.